The minimum Gasteiger partial charge on any atom is -0.478 e. The van der Waals surface area contributed by atoms with Crippen molar-refractivity contribution in [3.63, 3.8) is 0 Å². The highest BCUT2D eigenvalue weighted by atomic mass is 32.3. The van der Waals surface area contributed by atoms with E-state index in [1.165, 1.54) is 11.8 Å². The lowest BCUT2D eigenvalue weighted by atomic mass is 9.79. The van der Waals surface area contributed by atoms with Crippen molar-refractivity contribution < 1.29 is 23.7 Å². The molecule has 2 aromatic rings. The number of fused-ring (bicyclic) bond motifs is 1. The standard InChI is InChI=1S/C27H37NO5S2/c1-4-6-14-27(15-7-5-2)19-28(21-11-9-8-10-12-21)22-17-24(34-3)23(33-16-13-26(29)30)18-25(22)35(31,32)20-27/h8-13,16-18,31-32H,4-7,14-15,19-20H2,1-3H3,(H,29,30)/b16-13-. The fraction of sp³-hybridized carbons (Fsp3) is 0.444. The zero-order valence-electron chi connectivity index (χ0n) is 20.8. The summed E-state index contributed by atoms with van der Waals surface area (Å²) in [4.78, 5) is 14.4. The Morgan fingerprint density at radius 1 is 1.14 bits per heavy atom. The lowest BCUT2D eigenvalue weighted by Gasteiger charge is -2.42. The maximum Gasteiger partial charge on any atom is 0.331 e. The van der Waals surface area contributed by atoms with Crippen LogP contribution in [-0.4, -0.2) is 38.7 Å². The summed E-state index contributed by atoms with van der Waals surface area (Å²) in [5.41, 5.74) is 1.53. The van der Waals surface area contributed by atoms with Crippen molar-refractivity contribution in [1.82, 2.24) is 0 Å². The third kappa shape index (κ3) is 6.76. The molecule has 1 aliphatic heterocycles. The van der Waals surface area contributed by atoms with Crippen LogP contribution in [-0.2, 0) is 4.79 Å². The van der Waals surface area contributed by atoms with E-state index in [2.05, 4.69) is 30.9 Å². The first-order chi connectivity index (χ1) is 16.7. The molecule has 0 saturated carbocycles. The zero-order chi connectivity index (χ0) is 25.5. The molecule has 8 heteroatoms. The molecule has 0 bridgehead atoms. The van der Waals surface area contributed by atoms with Gasteiger partial charge in [-0.2, -0.15) is 10.6 Å². The summed E-state index contributed by atoms with van der Waals surface area (Å²) in [6.45, 7) is 5.04. The fourth-order valence-corrected chi connectivity index (χ4v) is 7.49. The SMILES string of the molecule is CCCCC1(CCCC)CN(c2ccccc2)c2cc(SC)c(O/C=C\C(=O)O)cc2S(O)(O)C1. The number of hydrogen-bond acceptors (Lipinski definition) is 6. The van der Waals surface area contributed by atoms with Crippen LogP contribution in [0.25, 0.3) is 0 Å². The van der Waals surface area contributed by atoms with Gasteiger partial charge in [-0.3, -0.25) is 9.11 Å². The molecular weight excluding hydrogens is 482 g/mol. The summed E-state index contributed by atoms with van der Waals surface area (Å²) in [7, 11) is -3.15. The number of benzene rings is 2. The van der Waals surface area contributed by atoms with Crippen LogP contribution in [0.3, 0.4) is 0 Å². The minimum atomic E-state index is -3.15. The van der Waals surface area contributed by atoms with E-state index in [9.17, 15) is 13.9 Å². The summed E-state index contributed by atoms with van der Waals surface area (Å²) in [6.07, 6.45) is 9.98. The molecule has 0 radical (unpaired) electrons. The summed E-state index contributed by atoms with van der Waals surface area (Å²) in [6, 6.07) is 13.7. The van der Waals surface area contributed by atoms with Gasteiger partial charge in [-0.1, -0.05) is 57.7 Å². The van der Waals surface area contributed by atoms with Crippen molar-refractivity contribution in [2.75, 3.05) is 23.5 Å². The van der Waals surface area contributed by atoms with Gasteiger partial charge in [0.15, 0.2) is 0 Å². The van der Waals surface area contributed by atoms with E-state index in [4.69, 9.17) is 9.84 Å². The quantitative estimate of drug-likeness (QED) is 0.157. The Balaban J connectivity index is 2.20. The Morgan fingerprint density at radius 2 is 1.80 bits per heavy atom. The number of hydrogen-bond donors (Lipinski definition) is 3. The Hall–Kier alpha value is -2.13. The first-order valence-electron chi connectivity index (χ1n) is 12.1. The second-order valence-corrected chi connectivity index (χ2v) is 12.1. The van der Waals surface area contributed by atoms with Crippen LogP contribution in [0.5, 0.6) is 5.75 Å². The third-order valence-corrected chi connectivity index (χ3v) is 9.29. The Morgan fingerprint density at radius 3 is 2.37 bits per heavy atom. The molecule has 0 unspecified atom stereocenters. The van der Waals surface area contributed by atoms with Gasteiger partial charge in [0.25, 0.3) is 0 Å². The van der Waals surface area contributed by atoms with Crippen LogP contribution >= 0.6 is 22.4 Å². The van der Waals surface area contributed by atoms with E-state index >= 15 is 0 Å². The highest BCUT2D eigenvalue weighted by molar-refractivity contribution is 8.24. The smallest absolute Gasteiger partial charge is 0.331 e. The molecular formula is C27H37NO5S2. The number of ether oxygens (including phenoxy) is 1. The van der Waals surface area contributed by atoms with E-state index in [0.29, 0.717) is 22.9 Å². The highest BCUT2D eigenvalue weighted by Gasteiger charge is 2.42. The Kier molecular flexibility index (Phi) is 9.58. The summed E-state index contributed by atoms with van der Waals surface area (Å²) < 4.78 is 28.9. The number of anilines is 2. The average Bonchev–Trinajstić information content (AvgIpc) is 2.93. The van der Waals surface area contributed by atoms with E-state index in [-0.39, 0.29) is 5.41 Å². The monoisotopic (exact) mass is 519 g/mol. The lowest BCUT2D eigenvalue weighted by molar-refractivity contribution is -0.131. The first kappa shape index (κ1) is 27.5. The molecule has 192 valence electrons. The summed E-state index contributed by atoms with van der Waals surface area (Å²) >= 11 is 1.47. The normalized spacial score (nSPS) is 17.6. The van der Waals surface area contributed by atoms with E-state index in [0.717, 1.165) is 67.1 Å². The van der Waals surface area contributed by atoms with Crippen molar-refractivity contribution in [2.45, 2.75) is 62.2 Å². The molecule has 3 rings (SSSR count). The van der Waals surface area contributed by atoms with Crippen molar-refractivity contribution in [1.29, 1.82) is 0 Å². The number of thioether (sulfide) groups is 1. The van der Waals surface area contributed by atoms with Crippen LogP contribution in [0.2, 0.25) is 0 Å². The van der Waals surface area contributed by atoms with Gasteiger partial charge in [0.05, 0.1) is 27.8 Å². The molecule has 0 spiro atoms. The maximum atomic E-state index is 11.6. The zero-order valence-corrected chi connectivity index (χ0v) is 22.4. The van der Waals surface area contributed by atoms with Gasteiger partial charge in [0, 0.05) is 29.5 Å². The van der Waals surface area contributed by atoms with Crippen LogP contribution in [0, 0.1) is 5.41 Å². The Bertz CT molecular complexity index is 1020. The number of aliphatic carboxylic acids is 1. The number of unbranched alkanes of at least 4 members (excludes halogenated alkanes) is 2. The van der Waals surface area contributed by atoms with E-state index in [1.54, 1.807) is 6.07 Å². The Labute approximate surface area is 214 Å². The number of nitrogens with zero attached hydrogens (tertiary/aromatic N) is 1. The lowest BCUT2D eigenvalue weighted by Crippen LogP contribution is -2.37. The number of rotatable bonds is 11. The van der Waals surface area contributed by atoms with Gasteiger partial charge in [0.1, 0.15) is 5.75 Å². The van der Waals surface area contributed by atoms with Crippen molar-refractivity contribution >= 4 is 39.7 Å². The predicted molar refractivity (Wildman–Crippen MR) is 147 cm³/mol. The number of carboxylic acid groups (broad SMARTS) is 1. The van der Waals surface area contributed by atoms with Gasteiger partial charge in [-0.05, 0) is 37.3 Å². The number of para-hydroxylation sites is 1. The summed E-state index contributed by atoms with van der Waals surface area (Å²) in [5.74, 6) is -0.391. The maximum absolute atomic E-state index is 11.6. The predicted octanol–water partition coefficient (Wildman–Crippen LogP) is 8.01. The van der Waals surface area contributed by atoms with E-state index in [1.807, 2.05) is 30.5 Å². The van der Waals surface area contributed by atoms with Gasteiger partial charge >= 0.3 is 5.97 Å². The van der Waals surface area contributed by atoms with Gasteiger partial charge in [-0.15, -0.1) is 11.8 Å². The van der Waals surface area contributed by atoms with Crippen LogP contribution < -0.4 is 9.64 Å². The number of carbonyl (C=O) groups is 1. The minimum absolute atomic E-state index is 0.247. The van der Waals surface area contributed by atoms with Gasteiger partial charge in [0.2, 0.25) is 0 Å². The molecule has 0 atom stereocenters. The molecule has 0 aliphatic carbocycles. The molecule has 35 heavy (non-hydrogen) atoms. The fourth-order valence-electron chi connectivity index (χ4n) is 4.76. The average molecular weight is 520 g/mol. The number of carboxylic acids is 1. The molecule has 0 aromatic heterocycles. The summed E-state index contributed by atoms with van der Waals surface area (Å²) in [5, 5.41) is 8.94. The molecule has 2 aromatic carbocycles. The third-order valence-electron chi connectivity index (χ3n) is 6.48. The largest absolute Gasteiger partial charge is 0.478 e. The molecule has 3 N–H and O–H groups in total. The molecule has 1 aliphatic rings. The first-order valence-corrected chi connectivity index (χ1v) is 15.1. The van der Waals surface area contributed by atoms with Crippen LogP contribution in [0.15, 0.2) is 64.6 Å². The second-order valence-electron chi connectivity index (χ2n) is 9.17. The molecule has 0 saturated heterocycles. The van der Waals surface area contributed by atoms with E-state index < -0.39 is 16.6 Å². The van der Waals surface area contributed by atoms with Crippen molar-refractivity contribution in [3.05, 3.63) is 54.8 Å². The second kappa shape index (κ2) is 12.2. The van der Waals surface area contributed by atoms with Crippen molar-refractivity contribution in [2.24, 2.45) is 5.41 Å². The highest BCUT2D eigenvalue weighted by Crippen LogP contribution is 2.62. The molecule has 0 amide bonds. The topological polar surface area (TPSA) is 90.2 Å². The molecule has 6 nitrogen and oxygen atoms in total. The van der Waals surface area contributed by atoms with Gasteiger partial charge < -0.3 is 14.7 Å². The van der Waals surface area contributed by atoms with Crippen LogP contribution in [0.4, 0.5) is 11.4 Å². The molecule has 0 fully saturated rings. The molecule has 1 heterocycles. The van der Waals surface area contributed by atoms with Crippen LogP contribution in [0.1, 0.15) is 52.4 Å². The van der Waals surface area contributed by atoms with Crippen molar-refractivity contribution in [3.8, 4) is 5.75 Å². The van der Waals surface area contributed by atoms with Gasteiger partial charge in [-0.25, -0.2) is 4.79 Å².